The lowest BCUT2D eigenvalue weighted by atomic mass is 10.3. The quantitative estimate of drug-likeness (QED) is 0.304. The number of amidine groups is 1. The van der Waals surface area contributed by atoms with E-state index in [2.05, 4.69) is 41.2 Å². The fourth-order valence-corrected chi connectivity index (χ4v) is 2.83. The summed E-state index contributed by atoms with van der Waals surface area (Å²) in [5.41, 5.74) is 2.35. The summed E-state index contributed by atoms with van der Waals surface area (Å²) in [5, 5.41) is 25.3. The molecule has 9 nitrogen and oxygen atoms in total. The summed E-state index contributed by atoms with van der Waals surface area (Å²) in [6.07, 6.45) is 2.96. The van der Waals surface area contributed by atoms with Gasteiger partial charge in [-0.2, -0.15) is 0 Å². The number of anilines is 1. The van der Waals surface area contributed by atoms with E-state index >= 15 is 0 Å². The van der Waals surface area contributed by atoms with Crippen LogP contribution in [0, 0.1) is 5.82 Å². The Labute approximate surface area is 151 Å². The van der Waals surface area contributed by atoms with Crippen LogP contribution in [0.4, 0.5) is 15.9 Å². The number of hydroxylamine groups is 1. The second-order valence-corrected chi connectivity index (χ2v) is 11.5. The van der Waals surface area contributed by atoms with Crippen LogP contribution in [0.3, 0.4) is 0 Å². The molecule has 0 radical (unpaired) electrons. The molecule has 0 aliphatic heterocycles. The first-order valence-corrected chi connectivity index (χ1v) is 10.8. The standard InChI is InChI=1S/C13H18BrFN6O3S/c1-25(2,16,23)6-5-17-12-11(20-24-21-12)13(19-22)18-8-3-4-10(15)9(14)7-8/h3-4,7,22H,5-6H2,1-2H3,(H2,16,23)(H,17,21)(H,18,19). The third kappa shape index (κ3) is 5.85. The lowest BCUT2D eigenvalue weighted by Gasteiger charge is -2.28. The number of hydrogen-bond donors (Lipinski definition) is 4. The second-order valence-electron chi connectivity index (χ2n) is 5.93. The number of nitrogens with zero attached hydrogens (tertiary/aromatic N) is 3. The smallest absolute Gasteiger partial charge is 0.202 e. The maximum Gasteiger partial charge on any atom is 0.202 e. The molecule has 0 atom stereocenters. The van der Waals surface area contributed by atoms with Gasteiger partial charge in [0, 0.05) is 24.8 Å². The molecule has 2 rings (SSSR count). The van der Waals surface area contributed by atoms with Gasteiger partial charge in [-0.15, -0.1) is 0 Å². The highest BCUT2D eigenvalue weighted by molar-refractivity contribution is 9.10. The molecule has 138 valence electrons. The Balaban J connectivity index is 2.21. The van der Waals surface area contributed by atoms with E-state index in [-0.39, 0.29) is 34.1 Å². The average molecular weight is 437 g/mol. The number of nitrogens with two attached hydrogens (primary N) is 1. The van der Waals surface area contributed by atoms with Gasteiger partial charge in [-0.3, -0.25) is 20.0 Å². The van der Waals surface area contributed by atoms with Crippen LogP contribution in [0.15, 0.2) is 32.3 Å². The molecule has 5 N–H and O–H groups in total. The average Bonchev–Trinajstić information content (AvgIpc) is 2.94. The molecule has 0 unspecified atom stereocenters. The van der Waals surface area contributed by atoms with Crippen LogP contribution in [0.5, 0.6) is 0 Å². The molecule has 2 aromatic rings. The minimum atomic E-state index is -3.17. The lowest BCUT2D eigenvalue weighted by molar-refractivity contribution is 0.234. The van der Waals surface area contributed by atoms with E-state index in [4.69, 9.17) is 5.14 Å². The van der Waals surface area contributed by atoms with Crippen molar-refractivity contribution < 1.29 is 18.4 Å². The number of halogens is 2. The highest BCUT2D eigenvalue weighted by atomic mass is 79.9. The third-order valence-electron chi connectivity index (χ3n) is 2.97. The maximum absolute atomic E-state index is 13.3. The Morgan fingerprint density at radius 1 is 1.48 bits per heavy atom. The van der Waals surface area contributed by atoms with Crippen molar-refractivity contribution in [1.29, 1.82) is 0 Å². The van der Waals surface area contributed by atoms with Gasteiger partial charge in [-0.1, -0.05) is 9.25 Å². The van der Waals surface area contributed by atoms with Gasteiger partial charge in [0.25, 0.3) is 0 Å². The van der Waals surface area contributed by atoms with Gasteiger partial charge in [0.05, 0.1) is 10.2 Å². The van der Waals surface area contributed by atoms with Gasteiger partial charge >= 0.3 is 0 Å². The van der Waals surface area contributed by atoms with Crippen molar-refractivity contribution in [3.8, 4) is 0 Å². The molecule has 0 aliphatic rings. The highest BCUT2D eigenvalue weighted by Gasteiger charge is 2.20. The molecule has 0 saturated carbocycles. The Kier molecular flexibility index (Phi) is 5.56. The monoisotopic (exact) mass is 436 g/mol. The SMILES string of the molecule is CS(C)(N)(=O)CCNc1nonc1C(=Nc1ccc(F)c(Br)c1)NO. The van der Waals surface area contributed by atoms with Gasteiger partial charge in [-0.25, -0.2) is 14.0 Å². The highest BCUT2D eigenvalue weighted by Crippen LogP contribution is 2.23. The Bertz CT molecular complexity index is 854. The van der Waals surface area contributed by atoms with Crippen LogP contribution < -0.4 is 15.9 Å². The first-order chi connectivity index (χ1) is 11.5. The topological polar surface area (TPSA) is 139 Å². The first-order valence-electron chi connectivity index (χ1n) is 6.96. The molecular formula is C13H18BrFN6O3S. The van der Waals surface area contributed by atoms with Gasteiger partial charge in [0.2, 0.25) is 5.82 Å². The summed E-state index contributed by atoms with van der Waals surface area (Å²) in [7, 11) is -3.17. The normalized spacial score (nSPS) is 14.0. The number of benzene rings is 1. The Morgan fingerprint density at radius 3 is 2.80 bits per heavy atom. The summed E-state index contributed by atoms with van der Waals surface area (Å²) < 4.78 is 30.2. The zero-order chi connectivity index (χ0) is 18.7. The number of aromatic nitrogens is 2. The van der Waals surface area contributed by atoms with Crippen molar-refractivity contribution in [3.63, 3.8) is 0 Å². The fourth-order valence-electron chi connectivity index (χ4n) is 1.75. The number of rotatable bonds is 6. The largest absolute Gasteiger partial charge is 0.364 e. The molecule has 25 heavy (non-hydrogen) atoms. The summed E-state index contributed by atoms with van der Waals surface area (Å²) in [6.45, 7) is 0.247. The number of aliphatic imine (C=N–C) groups is 1. The first kappa shape index (κ1) is 19.4. The van der Waals surface area contributed by atoms with Crippen molar-refractivity contribution in [2.75, 3.05) is 30.1 Å². The van der Waals surface area contributed by atoms with Gasteiger partial charge in [0.1, 0.15) is 5.82 Å². The molecule has 12 heteroatoms. The van der Waals surface area contributed by atoms with E-state index in [0.717, 1.165) is 0 Å². The summed E-state index contributed by atoms with van der Waals surface area (Å²) in [4.78, 5) is 4.13. The molecule has 1 heterocycles. The van der Waals surface area contributed by atoms with Gasteiger partial charge in [0.15, 0.2) is 11.5 Å². The van der Waals surface area contributed by atoms with Crippen LogP contribution in [-0.2, 0) is 9.25 Å². The van der Waals surface area contributed by atoms with E-state index in [0.29, 0.717) is 5.69 Å². The van der Waals surface area contributed by atoms with E-state index in [1.54, 1.807) is 0 Å². The lowest BCUT2D eigenvalue weighted by Crippen LogP contribution is -2.45. The van der Waals surface area contributed by atoms with Crippen LogP contribution in [0.1, 0.15) is 5.69 Å². The van der Waals surface area contributed by atoms with E-state index < -0.39 is 15.1 Å². The molecule has 0 fully saturated rings. The fraction of sp³-hybridized carbons (Fsp3) is 0.308. The molecule has 1 aromatic carbocycles. The Morgan fingerprint density at radius 2 is 2.20 bits per heavy atom. The van der Waals surface area contributed by atoms with E-state index in [1.807, 2.05) is 5.48 Å². The third-order valence-corrected chi connectivity index (χ3v) is 5.00. The summed E-state index contributed by atoms with van der Waals surface area (Å²) in [5.74, 6) is -0.131. The van der Waals surface area contributed by atoms with Gasteiger partial charge < -0.3 is 5.32 Å². The molecule has 0 spiro atoms. The summed E-state index contributed by atoms with van der Waals surface area (Å²) >= 11 is 3.05. The minimum absolute atomic E-state index is 0.0688. The maximum atomic E-state index is 13.3. The molecule has 1 aromatic heterocycles. The second kappa shape index (κ2) is 7.15. The van der Waals surface area contributed by atoms with Crippen molar-refractivity contribution >= 4 is 42.5 Å². The molecular weight excluding hydrogens is 419 g/mol. The zero-order valence-electron chi connectivity index (χ0n) is 13.5. The zero-order valence-corrected chi connectivity index (χ0v) is 15.9. The molecule has 0 amide bonds. The van der Waals surface area contributed by atoms with Crippen molar-refractivity contribution in [2.24, 2.45) is 10.1 Å². The van der Waals surface area contributed by atoms with Crippen LogP contribution in [0.25, 0.3) is 0 Å². The minimum Gasteiger partial charge on any atom is -0.364 e. The summed E-state index contributed by atoms with van der Waals surface area (Å²) in [6, 6.07) is 4.06. The predicted octanol–water partition coefficient (Wildman–Crippen LogP) is 1.39. The molecule has 0 bridgehead atoms. The van der Waals surface area contributed by atoms with E-state index in [9.17, 15) is 13.8 Å². The van der Waals surface area contributed by atoms with Crippen molar-refractivity contribution in [1.82, 2.24) is 15.8 Å². The number of nitrogens with one attached hydrogen (secondary N) is 2. The van der Waals surface area contributed by atoms with Crippen molar-refractivity contribution in [2.45, 2.75) is 0 Å². The molecule has 0 saturated heterocycles. The van der Waals surface area contributed by atoms with Crippen LogP contribution >= 0.6 is 15.9 Å². The molecule has 0 aliphatic carbocycles. The number of hydrogen-bond acceptors (Lipinski definition) is 7. The van der Waals surface area contributed by atoms with Crippen LogP contribution in [-0.4, -0.2) is 50.4 Å². The predicted molar refractivity (Wildman–Crippen MR) is 97.1 cm³/mol. The van der Waals surface area contributed by atoms with Crippen molar-refractivity contribution in [3.05, 3.63) is 34.2 Å². The Hall–Kier alpha value is -1.89. The van der Waals surface area contributed by atoms with Crippen LogP contribution in [0.2, 0.25) is 0 Å². The van der Waals surface area contributed by atoms with Gasteiger partial charge in [-0.05, 0) is 44.4 Å². The van der Waals surface area contributed by atoms with E-state index in [1.165, 1.54) is 30.7 Å².